The molecule has 0 fully saturated rings. The molecule has 322 valence electrons. The summed E-state index contributed by atoms with van der Waals surface area (Å²) in [5.74, 6) is -1.74. The molecule has 0 aromatic heterocycles. The van der Waals surface area contributed by atoms with Gasteiger partial charge >= 0.3 is 11.9 Å². The molecule has 0 aliphatic rings. The topological polar surface area (TPSA) is 102 Å². The Kier molecular flexibility index (Phi) is 37.1. The van der Waals surface area contributed by atoms with Crippen molar-refractivity contribution >= 4 is 17.9 Å². The number of nitrogens with zero attached hydrogens (tertiary/aromatic N) is 1. The molecule has 0 amide bonds. The summed E-state index contributed by atoms with van der Waals surface area (Å²) in [4.78, 5) is 36.8. The molecule has 55 heavy (non-hydrogen) atoms. The van der Waals surface area contributed by atoms with Crippen LogP contribution in [0.2, 0.25) is 0 Å². The summed E-state index contributed by atoms with van der Waals surface area (Å²) >= 11 is 0. The Morgan fingerprint density at radius 3 is 1.35 bits per heavy atom. The molecule has 0 rings (SSSR count). The van der Waals surface area contributed by atoms with Crippen LogP contribution in [-0.4, -0.2) is 75.5 Å². The third-order valence-corrected chi connectivity index (χ3v) is 10.3. The fraction of sp³-hybridized carbons (Fsp3) is 0.851. The van der Waals surface area contributed by atoms with Gasteiger partial charge in [0, 0.05) is 19.3 Å². The smallest absolute Gasteiger partial charge is 0.306 e. The van der Waals surface area contributed by atoms with E-state index in [9.17, 15) is 19.5 Å². The van der Waals surface area contributed by atoms with Gasteiger partial charge in [-0.15, -0.1) is 0 Å². The maximum Gasteiger partial charge on any atom is 0.306 e. The summed E-state index contributed by atoms with van der Waals surface area (Å²) in [5, 5.41) is 11.6. The van der Waals surface area contributed by atoms with Crippen molar-refractivity contribution in [1.29, 1.82) is 0 Å². The van der Waals surface area contributed by atoms with Crippen LogP contribution >= 0.6 is 0 Å². The summed E-state index contributed by atoms with van der Waals surface area (Å²) in [6.45, 7) is 4.64. The molecule has 0 heterocycles. The van der Waals surface area contributed by atoms with E-state index < -0.39 is 18.1 Å². The predicted molar refractivity (Wildman–Crippen MR) is 227 cm³/mol. The van der Waals surface area contributed by atoms with Gasteiger partial charge in [0.2, 0.25) is 0 Å². The van der Waals surface area contributed by atoms with E-state index in [-0.39, 0.29) is 42.7 Å². The van der Waals surface area contributed by atoms with E-state index in [0.29, 0.717) is 12.8 Å². The van der Waals surface area contributed by atoms with Gasteiger partial charge in [0.25, 0.3) is 0 Å². The Morgan fingerprint density at radius 2 is 0.909 bits per heavy atom. The molecule has 2 unspecified atom stereocenters. The highest BCUT2D eigenvalue weighted by molar-refractivity contribution is 5.70. The van der Waals surface area contributed by atoms with Crippen molar-refractivity contribution in [3.05, 3.63) is 24.3 Å². The van der Waals surface area contributed by atoms with Crippen LogP contribution in [0.1, 0.15) is 206 Å². The highest BCUT2D eigenvalue weighted by Gasteiger charge is 2.25. The Morgan fingerprint density at radius 1 is 0.527 bits per heavy atom. The second-order valence-electron chi connectivity index (χ2n) is 16.6. The van der Waals surface area contributed by atoms with E-state index >= 15 is 0 Å². The highest BCUT2D eigenvalue weighted by atomic mass is 16.6. The lowest BCUT2D eigenvalue weighted by Gasteiger charge is -2.34. The minimum absolute atomic E-state index is 0.0391. The van der Waals surface area contributed by atoms with Crippen molar-refractivity contribution in [3.63, 3.8) is 0 Å². The molecule has 8 nitrogen and oxygen atoms in total. The van der Waals surface area contributed by atoms with Crippen LogP contribution in [-0.2, 0) is 28.6 Å². The first kappa shape index (κ1) is 52.8. The van der Waals surface area contributed by atoms with Crippen molar-refractivity contribution < 1.29 is 38.2 Å². The molecule has 0 spiro atoms. The van der Waals surface area contributed by atoms with Gasteiger partial charge in [-0.05, 0) is 64.2 Å². The quantitative estimate of drug-likeness (QED) is 0.0264. The molecule has 0 aromatic carbocycles. The molecular formula is C47H87NO7. The maximum absolute atomic E-state index is 12.7. The molecule has 0 saturated heterocycles. The minimum Gasteiger partial charge on any atom is -0.544 e. The van der Waals surface area contributed by atoms with Crippen LogP contribution in [0.25, 0.3) is 0 Å². The van der Waals surface area contributed by atoms with Gasteiger partial charge in [0.15, 0.2) is 6.10 Å². The van der Waals surface area contributed by atoms with Crippen LogP contribution in [0.5, 0.6) is 0 Å². The summed E-state index contributed by atoms with van der Waals surface area (Å²) in [7, 11) is 5.41. The van der Waals surface area contributed by atoms with Gasteiger partial charge in [0.1, 0.15) is 12.6 Å². The summed E-state index contributed by atoms with van der Waals surface area (Å²) in [6.07, 6.45) is 42.0. The van der Waals surface area contributed by atoms with Gasteiger partial charge in [-0.25, -0.2) is 0 Å². The number of carboxylic acids is 1. The van der Waals surface area contributed by atoms with E-state index in [2.05, 4.69) is 38.2 Å². The number of hydrogen-bond donors (Lipinski definition) is 0. The number of carbonyl (C=O) groups excluding carboxylic acids is 3. The summed E-state index contributed by atoms with van der Waals surface area (Å²) < 4.78 is 17.2. The Balaban J connectivity index is 4.30. The zero-order chi connectivity index (χ0) is 40.7. The van der Waals surface area contributed by atoms with Crippen molar-refractivity contribution in [2.24, 2.45) is 0 Å². The van der Waals surface area contributed by atoms with Gasteiger partial charge in [-0.1, -0.05) is 147 Å². The van der Waals surface area contributed by atoms with Crippen LogP contribution < -0.4 is 5.11 Å². The number of allylic oxidation sites excluding steroid dienone is 4. The number of esters is 2. The Labute approximate surface area is 339 Å². The van der Waals surface area contributed by atoms with E-state index in [1.165, 1.54) is 122 Å². The van der Waals surface area contributed by atoms with Crippen LogP contribution in [0, 0.1) is 0 Å². The van der Waals surface area contributed by atoms with E-state index in [1.807, 2.05) is 0 Å². The normalized spacial score (nSPS) is 13.1. The number of ether oxygens (including phenoxy) is 3. The third kappa shape index (κ3) is 37.2. The van der Waals surface area contributed by atoms with E-state index in [0.717, 1.165) is 51.4 Å². The number of quaternary nitrogens is 1. The first-order valence-corrected chi connectivity index (χ1v) is 22.9. The summed E-state index contributed by atoms with van der Waals surface area (Å²) in [6, 6.07) is -0.725. The van der Waals surface area contributed by atoms with Gasteiger partial charge in [-0.3, -0.25) is 9.59 Å². The molecule has 8 heteroatoms. The molecule has 0 bridgehead atoms. The van der Waals surface area contributed by atoms with E-state index in [1.54, 1.807) is 21.1 Å². The lowest BCUT2D eigenvalue weighted by molar-refractivity contribution is -0.889. The second kappa shape index (κ2) is 38.7. The van der Waals surface area contributed by atoms with E-state index in [4.69, 9.17) is 14.2 Å². The van der Waals surface area contributed by atoms with Crippen molar-refractivity contribution in [1.82, 2.24) is 0 Å². The number of carbonyl (C=O) groups is 3. The lowest BCUT2D eigenvalue weighted by Crippen LogP contribution is -2.55. The highest BCUT2D eigenvalue weighted by Crippen LogP contribution is 2.14. The Bertz CT molecular complexity index is 957. The standard InChI is InChI=1S/C47H87NO7/c1-6-8-10-12-14-16-18-20-21-22-23-24-25-26-28-30-32-34-36-38-46(50)55-43(41-53-40-39-44(47(51)52)48(3,4)5)42-54-45(49)37-35-33-31-29-27-19-17-15-13-11-9-7-2/h15,17,22-23,43-44H,6-14,16,18-21,24-42H2,1-5H3/b17-15+,23-22+. The Hall–Kier alpha value is -2.19. The van der Waals surface area contributed by atoms with Crippen molar-refractivity contribution in [2.75, 3.05) is 41.0 Å². The molecule has 2 atom stereocenters. The second-order valence-corrected chi connectivity index (χ2v) is 16.6. The van der Waals surface area contributed by atoms with Crippen molar-refractivity contribution in [3.8, 4) is 0 Å². The monoisotopic (exact) mass is 778 g/mol. The van der Waals surface area contributed by atoms with Gasteiger partial charge in [-0.2, -0.15) is 0 Å². The maximum atomic E-state index is 12.7. The number of likely N-dealkylation sites (N-methyl/N-ethyl adjacent to an activating group) is 1. The summed E-state index contributed by atoms with van der Waals surface area (Å²) in [5.41, 5.74) is 0. The van der Waals surface area contributed by atoms with Crippen molar-refractivity contribution in [2.45, 2.75) is 219 Å². The van der Waals surface area contributed by atoms with Crippen LogP contribution in [0.3, 0.4) is 0 Å². The zero-order valence-electron chi connectivity index (χ0n) is 36.6. The number of unbranched alkanes of at least 4 members (excludes halogenated alkanes) is 23. The predicted octanol–water partition coefficient (Wildman–Crippen LogP) is 11.1. The zero-order valence-corrected chi connectivity index (χ0v) is 36.6. The number of rotatable bonds is 41. The van der Waals surface area contributed by atoms with Gasteiger partial charge < -0.3 is 28.6 Å². The molecule has 0 radical (unpaired) electrons. The molecule has 0 saturated carbocycles. The molecule has 0 aliphatic heterocycles. The van der Waals surface area contributed by atoms with Gasteiger partial charge in [0.05, 0.1) is 40.3 Å². The molecule has 0 N–H and O–H groups in total. The lowest BCUT2D eigenvalue weighted by atomic mass is 10.1. The largest absolute Gasteiger partial charge is 0.544 e. The number of aliphatic carboxylic acids is 1. The fourth-order valence-electron chi connectivity index (χ4n) is 6.71. The molecular weight excluding hydrogens is 691 g/mol. The van der Waals surface area contributed by atoms with Crippen LogP contribution in [0.4, 0.5) is 0 Å². The third-order valence-electron chi connectivity index (χ3n) is 10.3. The fourth-order valence-corrected chi connectivity index (χ4v) is 6.71. The van der Waals surface area contributed by atoms with Crippen LogP contribution in [0.15, 0.2) is 24.3 Å². The average Bonchev–Trinajstić information content (AvgIpc) is 3.14. The minimum atomic E-state index is -1.13. The molecule has 0 aliphatic carbocycles. The first-order valence-electron chi connectivity index (χ1n) is 22.9. The number of hydrogen-bond acceptors (Lipinski definition) is 7. The molecule has 0 aromatic rings. The number of carboxylic acid groups (broad SMARTS) is 1. The average molecular weight is 778 g/mol. The first-order chi connectivity index (χ1) is 26.6. The SMILES string of the molecule is CCCCC/C=C/CCCCCCCC(=O)OCC(COCCC(C(=O)[O-])[N+](C)(C)C)OC(=O)CCCCCCCCC/C=C/CCCCCCCCCC.